The van der Waals surface area contributed by atoms with Crippen LogP contribution in [0.15, 0.2) is 48.7 Å². The highest BCUT2D eigenvalue weighted by Gasteiger charge is 2.22. The van der Waals surface area contributed by atoms with E-state index >= 15 is 0 Å². The summed E-state index contributed by atoms with van der Waals surface area (Å²) in [7, 11) is 0. The number of benzene rings is 1. The zero-order valence-electron chi connectivity index (χ0n) is 16.7. The minimum Gasteiger partial charge on any atom is -0.349 e. The van der Waals surface area contributed by atoms with Crippen LogP contribution in [0.1, 0.15) is 60.3 Å². The average molecular weight is 378 g/mol. The molecule has 3 rings (SSSR count). The van der Waals surface area contributed by atoms with Crippen LogP contribution >= 0.6 is 0 Å². The van der Waals surface area contributed by atoms with Gasteiger partial charge in [-0.15, -0.1) is 0 Å². The number of hydrogen-bond donors (Lipinski definition) is 2. The molecule has 0 unspecified atom stereocenters. The monoisotopic (exact) mass is 378 g/mol. The molecule has 2 amide bonds. The number of aromatic nitrogens is 2. The molecule has 0 fully saturated rings. The van der Waals surface area contributed by atoms with E-state index in [0.717, 1.165) is 11.3 Å². The maximum atomic E-state index is 13.0. The van der Waals surface area contributed by atoms with E-state index < -0.39 is 0 Å². The molecular formula is C22H26N4O2. The molecule has 28 heavy (non-hydrogen) atoms. The third kappa shape index (κ3) is 4.06. The Balaban J connectivity index is 1.95. The Kier molecular flexibility index (Phi) is 5.78. The lowest BCUT2D eigenvalue weighted by atomic mass is 10.0. The number of imidazole rings is 1. The number of para-hydroxylation sites is 1. The third-order valence-electron chi connectivity index (χ3n) is 4.47. The van der Waals surface area contributed by atoms with E-state index in [1.807, 2.05) is 50.2 Å². The Bertz CT molecular complexity index is 1000. The molecule has 1 aromatic carbocycles. The second-order valence-electron chi connectivity index (χ2n) is 7.54. The van der Waals surface area contributed by atoms with Crippen molar-refractivity contribution in [2.45, 2.75) is 33.6 Å². The number of carbonyl (C=O) groups is 2. The number of pyridine rings is 1. The first kappa shape index (κ1) is 19.6. The van der Waals surface area contributed by atoms with Crippen molar-refractivity contribution in [1.82, 2.24) is 14.7 Å². The van der Waals surface area contributed by atoms with Gasteiger partial charge in [0.15, 0.2) is 5.69 Å². The average Bonchev–Trinajstić information content (AvgIpc) is 3.06. The van der Waals surface area contributed by atoms with Gasteiger partial charge >= 0.3 is 0 Å². The van der Waals surface area contributed by atoms with E-state index in [2.05, 4.69) is 29.5 Å². The molecule has 3 aromatic rings. The molecule has 0 radical (unpaired) electrons. The zero-order chi connectivity index (χ0) is 20.3. The first-order valence-electron chi connectivity index (χ1n) is 9.54. The highest BCUT2D eigenvalue weighted by molar-refractivity contribution is 6.09. The van der Waals surface area contributed by atoms with Gasteiger partial charge in [-0.1, -0.05) is 52.0 Å². The van der Waals surface area contributed by atoms with Crippen molar-refractivity contribution < 1.29 is 9.59 Å². The molecule has 0 saturated carbocycles. The number of fused-ring (bicyclic) bond motifs is 1. The Morgan fingerprint density at radius 3 is 2.43 bits per heavy atom. The standard InChI is InChI=1S/C22H26N4O2/c1-14(2)13-23-22(28)20-25-19(18-11-7-8-12-26(18)20)21(27)24-17-10-6-5-9-16(17)15(3)4/h5-12,14-15H,13H2,1-4H3,(H,23,28)(H,24,27). The van der Waals surface area contributed by atoms with Crippen LogP contribution in [0.2, 0.25) is 0 Å². The van der Waals surface area contributed by atoms with Crippen molar-refractivity contribution in [3.8, 4) is 0 Å². The zero-order valence-corrected chi connectivity index (χ0v) is 16.7. The lowest BCUT2D eigenvalue weighted by Gasteiger charge is -2.13. The van der Waals surface area contributed by atoms with E-state index in [1.165, 1.54) is 0 Å². The smallest absolute Gasteiger partial charge is 0.287 e. The van der Waals surface area contributed by atoms with Gasteiger partial charge in [0.05, 0.1) is 5.52 Å². The van der Waals surface area contributed by atoms with Crippen LogP contribution in [0.25, 0.3) is 5.52 Å². The molecule has 0 bridgehead atoms. The number of anilines is 1. The SMILES string of the molecule is CC(C)CNC(=O)c1nc(C(=O)Nc2ccccc2C(C)C)c2ccccn12. The summed E-state index contributed by atoms with van der Waals surface area (Å²) >= 11 is 0. The first-order chi connectivity index (χ1) is 13.4. The Labute approximate surface area is 165 Å². The summed E-state index contributed by atoms with van der Waals surface area (Å²) in [4.78, 5) is 29.9. The summed E-state index contributed by atoms with van der Waals surface area (Å²) < 4.78 is 1.65. The molecule has 146 valence electrons. The van der Waals surface area contributed by atoms with E-state index in [9.17, 15) is 9.59 Å². The lowest BCUT2D eigenvalue weighted by Crippen LogP contribution is -2.29. The number of amides is 2. The number of nitrogens with one attached hydrogen (secondary N) is 2. The molecule has 0 atom stereocenters. The van der Waals surface area contributed by atoms with E-state index in [-0.39, 0.29) is 29.3 Å². The largest absolute Gasteiger partial charge is 0.349 e. The molecule has 0 saturated heterocycles. The topological polar surface area (TPSA) is 75.5 Å². The minimum atomic E-state index is -0.334. The van der Waals surface area contributed by atoms with Crippen molar-refractivity contribution in [2.75, 3.05) is 11.9 Å². The number of nitrogens with zero attached hydrogens (tertiary/aromatic N) is 2. The fourth-order valence-corrected chi connectivity index (χ4v) is 3.04. The van der Waals surface area contributed by atoms with Crippen LogP contribution in [0.3, 0.4) is 0 Å². The van der Waals surface area contributed by atoms with Gasteiger partial charge in [0.25, 0.3) is 11.8 Å². The van der Waals surface area contributed by atoms with Gasteiger partial charge in [-0.05, 0) is 35.6 Å². The summed E-state index contributed by atoms with van der Waals surface area (Å²) in [6.07, 6.45) is 1.74. The van der Waals surface area contributed by atoms with Crippen molar-refractivity contribution >= 4 is 23.0 Å². The highest BCUT2D eigenvalue weighted by atomic mass is 16.2. The molecule has 0 aliphatic rings. The number of carbonyl (C=O) groups excluding carboxylic acids is 2. The highest BCUT2D eigenvalue weighted by Crippen LogP contribution is 2.24. The summed E-state index contributed by atoms with van der Waals surface area (Å²) in [5, 5.41) is 5.82. The lowest BCUT2D eigenvalue weighted by molar-refractivity contribution is 0.0938. The normalized spacial score (nSPS) is 11.2. The fourth-order valence-electron chi connectivity index (χ4n) is 3.04. The van der Waals surface area contributed by atoms with Crippen LogP contribution in [0.5, 0.6) is 0 Å². The fraction of sp³-hybridized carbons (Fsp3) is 0.318. The molecule has 0 aliphatic heterocycles. The van der Waals surface area contributed by atoms with Crippen molar-refractivity contribution in [3.63, 3.8) is 0 Å². The Hall–Kier alpha value is -3.15. The molecule has 2 heterocycles. The van der Waals surface area contributed by atoms with Crippen LogP contribution in [-0.4, -0.2) is 27.7 Å². The van der Waals surface area contributed by atoms with Crippen LogP contribution in [0.4, 0.5) is 5.69 Å². The minimum absolute atomic E-state index is 0.207. The number of hydrogen-bond acceptors (Lipinski definition) is 3. The molecule has 6 heteroatoms. The summed E-state index contributed by atoms with van der Waals surface area (Å²) in [6, 6.07) is 13.1. The molecular weight excluding hydrogens is 352 g/mol. The first-order valence-corrected chi connectivity index (χ1v) is 9.54. The van der Waals surface area contributed by atoms with Gasteiger partial charge in [0.2, 0.25) is 5.82 Å². The summed E-state index contributed by atoms with van der Waals surface area (Å²) in [5.41, 5.74) is 2.63. The maximum absolute atomic E-state index is 13.0. The molecule has 2 N–H and O–H groups in total. The van der Waals surface area contributed by atoms with Gasteiger partial charge in [-0.3, -0.25) is 14.0 Å². The molecule has 0 spiro atoms. The van der Waals surface area contributed by atoms with Crippen molar-refractivity contribution in [1.29, 1.82) is 0 Å². The van der Waals surface area contributed by atoms with Crippen LogP contribution < -0.4 is 10.6 Å². The van der Waals surface area contributed by atoms with E-state index in [1.54, 1.807) is 16.7 Å². The van der Waals surface area contributed by atoms with Gasteiger partial charge in [-0.25, -0.2) is 4.98 Å². The molecule has 6 nitrogen and oxygen atoms in total. The van der Waals surface area contributed by atoms with Gasteiger partial charge in [-0.2, -0.15) is 0 Å². The van der Waals surface area contributed by atoms with Crippen LogP contribution in [0, 0.1) is 5.92 Å². The van der Waals surface area contributed by atoms with Crippen molar-refractivity contribution in [2.24, 2.45) is 5.92 Å². The number of rotatable bonds is 6. The Morgan fingerprint density at radius 2 is 1.71 bits per heavy atom. The van der Waals surface area contributed by atoms with Gasteiger partial charge < -0.3 is 10.6 Å². The second-order valence-corrected chi connectivity index (χ2v) is 7.54. The summed E-state index contributed by atoms with van der Waals surface area (Å²) in [5.74, 6) is 0.174. The summed E-state index contributed by atoms with van der Waals surface area (Å²) in [6.45, 7) is 8.75. The third-order valence-corrected chi connectivity index (χ3v) is 4.47. The Morgan fingerprint density at radius 1 is 1.00 bits per heavy atom. The van der Waals surface area contributed by atoms with Crippen molar-refractivity contribution in [3.05, 3.63) is 65.7 Å². The van der Waals surface area contributed by atoms with E-state index in [0.29, 0.717) is 18.0 Å². The van der Waals surface area contributed by atoms with E-state index in [4.69, 9.17) is 0 Å². The quantitative estimate of drug-likeness (QED) is 0.678. The van der Waals surface area contributed by atoms with Gasteiger partial charge in [0, 0.05) is 18.4 Å². The molecule has 0 aliphatic carbocycles. The maximum Gasteiger partial charge on any atom is 0.287 e. The predicted octanol–water partition coefficient (Wildman–Crippen LogP) is 4.10. The van der Waals surface area contributed by atoms with Gasteiger partial charge in [0.1, 0.15) is 0 Å². The predicted molar refractivity (Wildman–Crippen MR) is 111 cm³/mol. The molecule has 2 aromatic heterocycles. The second kappa shape index (κ2) is 8.25. The van der Waals surface area contributed by atoms with Crippen LogP contribution in [-0.2, 0) is 0 Å².